The van der Waals surface area contributed by atoms with Gasteiger partial charge in [0.1, 0.15) is 6.04 Å². The number of rotatable bonds is 3. The van der Waals surface area contributed by atoms with Crippen LogP contribution < -0.4 is 16.4 Å². The zero-order chi connectivity index (χ0) is 11.3. The minimum Gasteiger partial charge on any atom is -0.392 e. The van der Waals surface area contributed by atoms with E-state index in [4.69, 9.17) is 11.1 Å². The molecule has 1 aliphatic heterocycles. The summed E-state index contributed by atoms with van der Waals surface area (Å²) in [4.78, 5) is 11.3. The number of hydrogen-bond acceptors (Lipinski definition) is 5. The molecule has 15 heavy (non-hydrogen) atoms. The quantitative estimate of drug-likeness (QED) is 0.279. The molecule has 1 saturated heterocycles. The molecule has 0 bridgehead atoms. The summed E-state index contributed by atoms with van der Waals surface area (Å²) < 4.78 is 4.50. The van der Waals surface area contributed by atoms with Crippen molar-refractivity contribution in [1.82, 2.24) is 10.6 Å². The van der Waals surface area contributed by atoms with E-state index in [1.165, 1.54) is 0 Å². The number of esters is 1. The van der Waals surface area contributed by atoms with Gasteiger partial charge in [0.2, 0.25) is 0 Å². The van der Waals surface area contributed by atoms with Crippen LogP contribution in [0.2, 0.25) is 0 Å². The summed E-state index contributed by atoms with van der Waals surface area (Å²) in [6, 6.07) is -0.642. The van der Waals surface area contributed by atoms with E-state index in [0.717, 1.165) is 25.9 Å². The fourth-order valence-corrected chi connectivity index (χ4v) is 1.61. The molecule has 1 atom stereocenters. The fraction of sp³-hybridized carbons (Fsp3) is 0.778. The topological polar surface area (TPSA) is 100 Å². The van der Waals surface area contributed by atoms with E-state index in [0.29, 0.717) is 6.04 Å². The van der Waals surface area contributed by atoms with Crippen molar-refractivity contribution in [2.75, 3.05) is 13.1 Å². The van der Waals surface area contributed by atoms with Gasteiger partial charge in [0.25, 0.3) is 6.02 Å². The summed E-state index contributed by atoms with van der Waals surface area (Å²) in [6.07, 6.45) is 2.00. The van der Waals surface area contributed by atoms with E-state index < -0.39 is 18.0 Å². The standard InChI is InChI=1S/C9H18N4O2/c1-6(8(14)15-9(10)11)13-7-2-4-12-5-3-7/h6-7,12-13H,2-5H2,1H3,(H3,10,11)/t6-/m0/s1. The maximum absolute atomic E-state index is 11.3. The van der Waals surface area contributed by atoms with Crippen LogP contribution in [0, 0.1) is 5.41 Å². The highest BCUT2D eigenvalue weighted by Gasteiger charge is 2.21. The Morgan fingerprint density at radius 1 is 1.60 bits per heavy atom. The van der Waals surface area contributed by atoms with Crippen molar-refractivity contribution in [3.05, 3.63) is 0 Å². The Balaban J connectivity index is 2.29. The zero-order valence-corrected chi connectivity index (χ0v) is 8.88. The molecule has 0 aliphatic carbocycles. The van der Waals surface area contributed by atoms with Crippen LogP contribution in [0.1, 0.15) is 19.8 Å². The molecular formula is C9H18N4O2. The summed E-state index contributed by atoms with van der Waals surface area (Å²) in [5.74, 6) is -0.499. The molecule has 0 aromatic carbocycles. The summed E-state index contributed by atoms with van der Waals surface area (Å²) in [7, 11) is 0. The lowest BCUT2D eigenvalue weighted by atomic mass is 10.1. The van der Waals surface area contributed by atoms with Gasteiger partial charge in [0, 0.05) is 6.04 Å². The third-order valence-electron chi connectivity index (χ3n) is 2.39. The summed E-state index contributed by atoms with van der Waals surface area (Å²) in [6.45, 7) is 3.64. The van der Waals surface area contributed by atoms with Gasteiger partial charge in [-0.25, -0.2) is 4.79 Å². The molecule has 1 rings (SSSR count). The number of carbonyl (C=O) groups excluding carboxylic acids is 1. The van der Waals surface area contributed by atoms with Crippen LogP contribution >= 0.6 is 0 Å². The summed E-state index contributed by atoms with van der Waals surface area (Å²) in [5.41, 5.74) is 4.97. The normalized spacial score (nSPS) is 19.5. The maximum Gasteiger partial charge on any atom is 0.330 e. The fourth-order valence-electron chi connectivity index (χ4n) is 1.61. The molecule has 1 fully saturated rings. The van der Waals surface area contributed by atoms with Crippen LogP contribution in [0.15, 0.2) is 0 Å². The van der Waals surface area contributed by atoms with E-state index in [1.807, 2.05) is 0 Å². The number of carbonyl (C=O) groups is 1. The second-order valence-corrected chi connectivity index (χ2v) is 3.70. The molecule has 0 saturated carbocycles. The average molecular weight is 214 g/mol. The number of nitrogens with two attached hydrogens (primary N) is 1. The highest BCUT2D eigenvalue weighted by Crippen LogP contribution is 2.03. The predicted molar refractivity (Wildman–Crippen MR) is 56.5 cm³/mol. The second kappa shape index (κ2) is 5.67. The van der Waals surface area contributed by atoms with Gasteiger partial charge in [0.05, 0.1) is 0 Å². The Morgan fingerprint density at radius 2 is 2.20 bits per heavy atom. The first-order valence-electron chi connectivity index (χ1n) is 5.12. The molecule has 0 aromatic heterocycles. The molecule has 0 amide bonds. The molecule has 0 spiro atoms. The third kappa shape index (κ3) is 4.26. The molecule has 5 N–H and O–H groups in total. The molecule has 6 heteroatoms. The van der Waals surface area contributed by atoms with Crippen LogP contribution in [0.5, 0.6) is 0 Å². The van der Waals surface area contributed by atoms with Crippen molar-refractivity contribution >= 4 is 12.0 Å². The van der Waals surface area contributed by atoms with E-state index in [-0.39, 0.29) is 0 Å². The van der Waals surface area contributed by atoms with Crippen LogP contribution in [-0.4, -0.2) is 37.2 Å². The lowest BCUT2D eigenvalue weighted by Gasteiger charge is -2.26. The van der Waals surface area contributed by atoms with Gasteiger partial charge in [-0.1, -0.05) is 0 Å². The average Bonchev–Trinajstić information content (AvgIpc) is 2.18. The van der Waals surface area contributed by atoms with Crippen LogP contribution in [0.3, 0.4) is 0 Å². The number of hydrogen-bond donors (Lipinski definition) is 4. The minimum absolute atomic E-state index is 0.334. The highest BCUT2D eigenvalue weighted by atomic mass is 16.6. The molecule has 0 radical (unpaired) electrons. The van der Waals surface area contributed by atoms with Crippen molar-refractivity contribution in [3.63, 3.8) is 0 Å². The van der Waals surface area contributed by atoms with Gasteiger partial charge in [-0.05, 0) is 32.9 Å². The predicted octanol–water partition coefficient (Wildman–Crippen LogP) is -0.847. The number of nitrogens with one attached hydrogen (secondary N) is 3. The first kappa shape index (κ1) is 11.9. The smallest absolute Gasteiger partial charge is 0.330 e. The SMILES string of the molecule is C[C@H](NC1CCNCC1)C(=O)OC(=N)N. The number of amidine groups is 1. The van der Waals surface area contributed by atoms with Gasteiger partial charge in [-0.15, -0.1) is 0 Å². The first-order chi connectivity index (χ1) is 7.09. The van der Waals surface area contributed by atoms with E-state index in [2.05, 4.69) is 15.4 Å². The Kier molecular flexibility index (Phi) is 4.51. The lowest BCUT2D eigenvalue weighted by Crippen LogP contribution is -2.47. The van der Waals surface area contributed by atoms with Crippen molar-refractivity contribution in [2.24, 2.45) is 5.73 Å². The molecule has 6 nitrogen and oxygen atoms in total. The van der Waals surface area contributed by atoms with Crippen molar-refractivity contribution in [1.29, 1.82) is 5.41 Å². The second-order valence-electron chi connectivity index (χ2n) is 3.70. The lowest BCUT2D eigenvalue weighted by molar-refractivity contribution is -0.137. The van der Waals surface area contributed by atoms with Gasteiger partial charge in [0.15, 0.2) is 0 Å². The Bertz CT molecular complexity index is 238. The number of piperidine rings is 1. The first-order valence-corrected chi connectivity index (χ1v) is 5.12. The molecule has 0 aromatic rings. The number of ether oxygens (including phenoxy) is 1. The molecular weight excluding hydrogens is 196 g/mol. The minimum atomic E-state index is -0.557. The summed E-state index contributed by atoms with van der Waals surface area (Å²) in [5, 5.41) is 13.2. The molecule has 1 aliphatic rings. The van der Waals surface area contributed by atoms with Gasteiger partial charge >= 0.3 is 5.97 Å². The monoisotopic (exact) mass is 214 g/mol. The largest absolute Gasteiger partial charge is 0.392 e. The molecule has 0 unspecified atom stereocenters. The Labute approximate surface area is 89.1 Å². The van der Waals surface area contributed by atoms with Crippen molar-refractivity contribution in [3.8, 4) is 0 Å². The van der Waals surface area contributed by atoms with E-state index in [9.17, 15) is 4.79 Å². The van der Waals surface area contributed by atoms with Crippen LogP contribution in [0.25, 0.3) is 0 Å². The van der Waals surface area contributed by atoms with Gasteiger partial charge in [-0.3, -0.25) is 5.41 Å². The van der Waals surface area contributed by atoms with Crippen LogP contribution in [0.4, 0.5) is 0 Å². The Morgan fingerprint density at radius 3 is 2.73 bits per heavy atom. The van der Waals surface area contributed by atoms with Crippen LogP contribution in [-0.2, 0) is 9.53 Å². The zero-order valence-electron chi connectivity index (χ0n) is 8.88. The van der Waals surface area contributed by atoms with E-state index >= 15 is 0 Å². The maximum atomic E-state index is 11.3. The Hall–Kier alpha value is -1.14. The van der Waals surface area contributed by atoms with Gasteiger partial charge < -0.3 is 21.1 Å². The van der Waals surface area contributed by atoms with Crippen molar-refractivity contribution in [2.45, 2.75) is 31.8 Å². The highest BCUT2D eigenvalue weighted by molar-refractivity contribution is 5.87. The van der Waals surface area contributed by atoms with E-state index in [1.54, 1.807) is 6.92 Å². The summed E-state index contributed by atoms with van der Waals surface area (Å²) >= 11 is 0. The molecule has 86 valence electrons. The molecule has 1 heterocycles. The van der Waals surface area contributed by atoms with Gasteiger partial charge in [-0.2, -0.15) is 0 Å². The third-order valence-corrected chi connectivity index (χ3v) is 2.39. The van der Waals surface area contributed by atoms with Crippen molar-refractivity contribution < 1.29 is 9.53 Å².